The predicted molar refractivity (Wildman–Crippen MR) is 72.9 cm³/mol. The lowest BCUT2D eigenvalue weighted by molar-refractivity contribution is -0.136. The molecule has 0 saturated heterocycles. The average molecular weight is 317 g/mol. The number of rotatable bonds is 4. The Morgan fingerprint density at radius 2 is 2.05 bits per heavy atom. The Bertz CT molecular complexity index is 808. The van der Waals surface area contributed by atoms with Gasteiger partial charge in [0.15, 0.2) is 0 Å². The maximum atomic E-state index is 13.2. The van der Waals surface area contributed by atoms with E-state index in [1.54, 1.807) is 6.92 Å². The Morgan fingerprint density at radius 3 is 2.59 bits per heavy atom. The molecule has 0 unspecified atom stereocenters. The van der Waals surface area contributed by atoms with Gasteiger partial charge in [-0.05, 0) is 13.0 Å². The van der Waals surface area contributed by atoms with Crippen LogP contribution >= 0.6 is 0 Å². The van der Waals surface area contributed by atoms with E-state index < -0.39 is 28.4 Å². The van der Waals surface area contributed by atoms with Gasteiger partial charge in [0.1, 0.15) is 5.65 Å². The zero-order chi connectivity index (χ0) is 16.5. The Morgan fingerprint density at radius 1 is 1.36 bits per heavy atom. The molecule has 0 amide bonds. The van der Waals surface area contributed by atoms with Crippen molar-refractivity contribution in [3.8, 4) is 0 Å². The van der Waals surface area contributed by atoms with Crippen molar-refractivity contribution in [1.29, 1.82) is 0 Å². The van der Waals surface area contributed by atoms with Crippen LogP contribution in [0, 0.1) is 0 Å². The summed E-state index contributed by atoms with van der Waals surface area (Å²) >= 11 is 0. The van der Waals surface area contributed by atoms with Crippen LogP contribution in [0.2, 0.25) is 0 Å². The van der Waals surface area contributed by atoms with Crippen LogP contribution in [0.4, 0.5) is 13.2 Å². The van der Waals surface area contributed by atoms with Gasteiger partial charge in [0.2, 0.25) is 0 Å². The number of pyridine rings is 1. The Kier molecular flexibility index (Phi) is 4.36. The highest BCUT2D eigenvalue weighted by atomic mass is 19.4. The zero-order valence-corrected chi connectivity index (χ0v) is 12.0. The van der Waals surface area contributed by atoms with Crippen LogP contribution in [0.5, 0.6) is 0 Å². The molecule has 6 nitrogen and oxygen atoms in total. The minimum absolute atomic E-state index is 0.0874. The van der Waals surface area contributed by atoms with Gasteiger partial charge in [-0.3, -0.25) is 14.3 Å². The number of nitrogens with one attached hydrogen (secondary N) is 1. The molecule has 2 aromatic rings. The van der Waals surface area contributed by atoms with E-state index in [-0.39, 0.29) is 30.9 Å². The van der Waals surface area contributed by atoms with Crippen LogP contribution in [0.15, 0.2) is 15.7 Å². The van der Waals surface area contributed by atoms with E-state index in [4.69, 9.17) is 4.74 Å². The molecule has 0 fully saturated rings. The predicted octanol–water partition coefficient (Wildman–Crippen LogP) is 1.31. The summed E-state index contributed by atoms with van der Waals surface area (Å²) in [6.45, 7) is 1.84. The zero-order valence-electron chi connectivity index (χ0n) is 12.0. The van der Waals surface area contributed by atoms with Gasteiger partial charge in [0.25, 0.3) is 5.56 Å². The average Bonchev–Trinajstić information content (AvgIpc) is 2.43. The fourth-order valence-electron chi connectivity index (χ4n) is 2.18. The molecular weight excluding hydrogens is 303 g/mol. The first-order valence-corrected chi connectivity index (χ1v) is 6.52. The van der Waals surface area contributed by atoms with Crippen molar-refractivity contribution in [2.45, 2.75) is 26.1 Å². The van der Waals surface area contributed by atoms with Gasteiger partial charge in [-0.15, -0.1) is 0 Å². The lowest BCUT2D eigenvalue weighted by atomic mass is 10.1. The van der Waals surface area contributed by atoms with Crippen molar-refractivity contribution in [3.05, 3.63) is 38.2 Å². The summed E-state index contributed by atoms with van der Waals surface area (Å²) in [4.78, 5) is 29.5. The lowest BCUT2D eigenvalue weighted by Crippen LogP contribution is -2.32. The molecular formula is C13H14F3N3O3. The third kappa shape index (κ3) is 2.89. The number of aromatic amines is 1. The molecule has 9 heteroatoms. The van der Waals surface area contributed by atoms with Crippen LogP contribution in [0.1, 0.15) is 18.2 Å². The second-order valence-corrected chi connectivity index (χ2v) is 4.60. The minimum atomic E-state index is -4.73. The monoisotopic (exact) mass is 317 g/mol. The number of ether oxygens (including phenoxy) is 1. The van der Waals surface area contributed by atoms with E-state index in [1.807, 2.05) is 4.98 Å². The molecule has 0 atom stereocenters. The molecule has 0 aliphatic carbocycles. The molecule has 22 heavy (non-hydrogen) atoms. The van der Waals surface area contributed by atoms with E-state index in [0.717, 1.165) is 10.6 Å². The van der Waals surface area contributed by atoms with Crippen LogP contribution < -0.4 is 11.2 Å². The molecule has 1 N–H and O–H groups in total. The number of methoxy groups -OCH3 is 1. The summed E-state index contributed by atoms with van der Waals surface area (Å²) in [6, 6.07) is 0.821. The molecule has 2 rings (SSSR count). The molecule has 2 heterocycles. The molecule has 0 spiro atoms. The van der Waals surface area contributed by atoms with Crippen molar-refractivity contribution >= 4 is 11.0 Å². The van der Waals surface area contributed by atoms with Gasteiger partial charge in [-0.25, -0.2) is 9.78 Å². The van der Waals surface area contributed by atoms with Crippen LogP contribution in [0.25, 0.3) is 11.0 Å². The topological polar surface area (TPSA) is 77.0 Å². The SMILES string of the molecule is CCn1c(=O)[nH]c(=O)c2c(C(F)(F)F)cc(CCOC)nc21. The van der Waals surface area contributed by atoms with Crippen LogP contribution in [-0.4, -0.2) is 28.3 Å². The quantitative estimate of drug-likeness (QED) is 0.922. The number of hydrogen-bond donors (Lipinski definition) is 1. The molecule has 120 valence electrons. The Hall–Kier alpha value is -2.16. The highest BCUT2D eigenvalue weighted by molar-refractivity contribution is 5.79. The van der Waals surface area contributed by atoms with E-state index in [1.165, 1.54) is 7.11 Å². The fraction of sp³-hybridized carbons (Fsp3) is 0.462. The van der Waals surface area contributed by atoms with Crippen molar-refractivity contribution < 1.29 is 17.9 Å². The van der Waals surface area contributed by atoms with Crippen molar-refractivity contribution in [3.63, 3.8) is 0 Å². The number of aromatic nitrogens is 3. The van der Waals surface area contributed by atoms with E-state index >= 15 is 0 Å². The number of fused-ring (bicyclic) bond motifs is 1. The van der Waals surface area contributed by atoms with Gasteiger partial charge < -0.3 is 4.74 Å². The highest BCUT2D eigenvalue weighted by Crippen LogP contribution is 2.33. The maximum Gasteiger partial charge on any atom is 0.417 e. The number of alkyl halides is 3. The summed E-state index contributed by atoms with van der Waals surface area (Å²) < 4.78 is 45.5. The largest absolute Gasteiger partial charge is 0.417 e. The smallest absolute Gasteiger partial charge is 0.384 e. The Labute approximate surface area is 122 Å². The van der Waals surface area contributed by atoms with Crippen molar-refractivity contribution in [2.75, 3.05) is 13.7 Å². The summed E-state index contributed by atoms with van der Waals surface area (Å²) in [6.07, 6.45) is -4.59. The summed E-state index contributed by atoms with van der Waals surface area (Å²) in [7, 11) is 1.42. The number of hydrogen-bond acceptors (Lipinski definition) is 4. The second kappa shape index (κ2) is 5.91. The molecule has 0 aliphatic heterocycles. The number of aryl methyl sites for hydroxylation is 1. The van der Waals surface area contributed by atoms with Gasteiger partial charge in [-0.2, -0.15) is 13.2 Å². The van der Waals surface area contributed by atoms with E-state index in [9.17, 15) is 22.8 Å². The standard InChI is InChI=1S/C13H14F3N3O3/c1-3-19-10-9(11(20)18-12(19)21)8(13(14,15)16)6-7(17-10)4-5-22-2/h6H,3-5H2,1-2H3,(H,18,20,21). The summed E-state index contributed by atoms with van der Waals surface area (Å²) in [5.41, 5.74) is -3.15. The first-order valence-electron chi connectivity index (χ1n) is 6.52. The normalized spacial score (nSPS) is 12.0. The first-order chi connectivity index (χ1) is 10.3. The van der Waals surface area contributed by atoms with Gasteiger partial charge >= 0.3 is 11.9 Å². The lowest BCUT2D eigenvalue weighted by Gasteiger charge is -2.14. The molecule has 0 saturated carbocycles. The van der Waals surface area contributed by atoms with Crippen molar-refractivity contribution in [1.82, 2.24) is 14.5 Å². The summed E-state index contributed by atoms with van der Waals surface area (Å²) in [5, 5.41) is -0.630. The van der Waals surface area contributed by atoms with Gasteiger partial charge in [0, 0.05) is 25.8 Å². The number of nitrogens with zero attached hydrogens (tertiary/aromatic N) is 2. The number of H-pyrrole nitrogens is 1. The maximum absolute atomic E-state index is 13.2. The molecule has 0 bridgehead atoms. The van der Waals surface area contributed by atoms with E-state index in [0.29, 0.717) is 0 Å². The number of halogens is 3. The van der Waals surface area contributed by atoms with Crippen LogP contribution in [0.3, 0.4) is 0 Å². The fourth-order valence-corrected chi connectivity index (χ4v) is 2.18. The van der Waals surface area contributed by atoms with E-state index in [2.05, 4.69) is 4.98 Å². The van der Waals surface area contributed by atoms with Crippen molar-refractivity contribution in [2.24, 2.45) is 0 Å². The molecule has 0 radical (unpaired) electrons. The minimum Gasteiger partial charge on any atom is -0.384 e. The highest BCUT2D eigenvalue weighted by Gasteiger charge is 2.35. The molecule has 2 aromatic heterocycles. The van der Waals surface area contributed by atoms with Gasteiger partial charge in [0.05, 0.1) is 17.6 Å². The van der Waals surface area contributed by atoms with Crippen LogP contribution in [-0.2, 0) is 23.9 Å². The molecule has 0 aliphatic rings. The molecule has 0 aromatic carbocycles. The van der Waals surface area contributed by atoms with Gasteiger partial charge in [-0.1, -0.05) is 0 Å². The Balaban J connectivity index is 2.91. The summed E-state index contributed by atoms with van der Waals surface area (Å²) in [5.74, 6) is 0. The third-order valence-electron chi connectivity index (χ3n) is 3.19. The second-order valence-electron chi connectivity index (χ2n) is 4.60. The first kappa shape index (κ1) is 16.2. The third-order valence-corrected chi connectivity index (χ3v) is 3.19.